The van der Waals surface area contributed by atoms with E-state index in [1.165, 1.54) is 11.8 Å². The zero-order valence-electron chi connectivity index (χ0n) is 17.3. The van der Waals surface area contributed by atoms with Gasteiger partial charge in [0.25, 0.3) is 5.91 Å². The molecular formula is C20H30N4O3S. The van der Waals surface area contributed by atoms with E-state index >= 15 is 0 Å². The first-order valence-electron chi connectivity index (χ1n) is 9.50. The van der Waals surface area contributed by atoms with Crippen molar-refractivity contribution in [3.63, 3.8) is 0 Å². The average Bonchev–Trinajstić information content (AvgIpc) is 3.14. The molecule has 154 valence electrons. The van der Waals surface area contributed by atoms with Gasteiger partial charge in [-0.2, -0.15) is 0 Å². The molecule has 0 aromatic carbocycles. The number of aromatic nitrogens is 2. The third-order valence-electron chi connectivity index (χ3n) is 3.89. The number of hydrogen-bond acceptors (Lipinski definition) is 7. The maximum absolute atomic E-state index is 12.1. The number of ether oxygens (including phenoxy) is 1. The van der Waals surface area contributed by atoms with E-state index < -0.39 is 0 Å². The summed E-state index contributed by atoms with van der Waals surface area (Å²) in [7, 11) is 3.67. The van der Waals surface area contributed by atoms with Crippen molar-refractivity contribution in [3.8, 4) is 0 Å². The summed E-state index contributed by atoms with van der Waals surface area (Å²) in [4.78, 5) is 23.4. The zero-order valence-corrected chi connectivity index (χ0v) is 18.1. The highest BCUT2D eigenvalue weighted by Crippen LogP contribution is 2.24. The van der Waals surface area contributed by atoms with Gasteiger partial charge in [0.15, 0.2) is 10.9 Å². The number of furan rings is 1. The van der Waals surface area contributed by atoms with Crippen molar-refractivity contribution in [3.05, 3.63) is 35.4 Å². The highest BCUT2D eigenvalue weighted by atomic mass is 32.2. The fourth-order valence-electron chi connectivity index (χ4n) is 2.49. The van der Waals surface area contributed by atoms with Crippen LogP contribution in [0.2, 0.25) is 0 Å². The Bertz CT molecular complexity index is 764. The Hall–Kier alpha value is -2.06. The molecule has 28 heavy (non-hydrogen) atoms. The first kappa shape index (κ1) is 22.2. The van der Waals surface area contributed by atoms with Gasteiger partial charge in [-0.15, -0.1) is 0 Å². The van der Waals surface area contributed by atoms with Crippen LogP contribution in [0.15, 0.2) is 27.8 Å². The van der Waals surface area contributed by atoms with Gasteiger partial charge in [-0.3, -0.25) is 4.79 Å². The Morgan fingerprint density at radius 2 is 2.14 bits per heavy atom. The molecule has 0 aliphatic carbocycles. The van der Waals surface area contributed by atoms with Crippen molar-refractivity contribution < 1.29 is 13.9 Å². The summed E-state index contributed by atoms with van der Waals surface area (Å²) in [5.41, 5.74) is 0.839. The van der Waals surface area contributed by atoms with Crippen LogP contribution in [0.25, 0.3) is 0 Å². The lowest BCUT2D eigenvalue weighted by Gasteiger charge is -2.18. The number of amides is 1. The SMILES string of the molecule is CCCN(C)c1cc(COC)nc(SCc2ccc(C(=O)NCC(C)C)o2)n1. The minimum absolute atomic E-state index is 0.188. The second kappa shape index (κ2) is 11.1. The summed E-state index contributed by atoms with van der Waals surface area (Å²) in [6.45, 7) is 8.21. The molecule has 0 spiro atoms. The second-order valence-electron chi connectivity index (χ2n) is 7.01. The van der Waals surface area contributed by atoms with Crippen LogP contribution in [0.4, 0.5) is 5.82 Å². The Labute approximate surface area is 171 Å². The van der Waals surface area contributed by atoms with Crippen LogP contribution in [-0.4, -0.2) is 43.1 Å². The molecule has 8 heteroatoms. The van der Waals surface area contributed by atoms with Crippen molar-refractivity contribution in [2.24, 2.45) is 5.92 Å². The van der Waals surface area contributed by atoms with Crippen molar-refractivity contribution in [2.45, 2.75) is 44.7 Å². The minimum Gasteiger partial charge on any atom is -0.455 e. The summed E-state index contributed by atoms with van der Waals surface area (Å²) in [5.74, 6) is 2.67. The monoisotopic (exact) mass is 406 g/mol. The van der Waals surface area contributed by atoms with Crippen LogP contribution in [0.1, 0.15) is 49.2 Å². The minimum atomic E-state index is -0.188. The topological polar surface area (TPSA) is 80.5 Å². The van der Waals surface area contributed by atoms with E-state index in [2.05, 4.69) is 27.1 Å². The Morgan fingerprint density at radius 3 is 2.82 bits per heavy atom. The van der Waals surface area contributed by atoms with Gasteiger partial charge in [0.2, 0.25) is 0 Å². The molecular weight excluding hydrogens is 376 g/mol. The number of carbonyl (C=O) groups excluding carboxylic acids is 1. The molecule has 0 saturated carbocycles. The van der Waals surface area contributed by atoms with Crippen molar-refractivity contribution >= 4 is 23.5 Å². The number of methoxy groups -OCH3 is 1. The number of nitrogens with one attached hydrogen (secondary N) is 1. The highest BCUT2D eigenvalue weighted by molar-refractivity contribution is 7.98. The van der Waals surface area contributed by atoms with E-state index in [1.807, 2.05) is 33.0 Å². The molecule has 2 aromatic rings. The van der Waals surface area contributed by atoms with E-state index in [0.717, 1.165) is 24.5 Å². The van der Waals surface area contributed by atoms with Crippen LogP contribution < -0.4 is 10.2 Å². The average molecular weight is 407 g/mol. The lowest BCUT2D eigenvalue weighted by Crippen LogP contribution is -2.26. The van der Waals surface area contributed by atoms with E-state index in [9.17, 15) is 4.79 Å². The summed E-state index contributed by atoms with van der Waals surface area (Å²) in [6.07, 6.45) is 1.04. The highest BCUT2D eigenvalue weighted by Gasteiger charge is 2.13. The van der Waals surface area contributed by atoms with Crippen LogP contribution in [0.5, 0.6) is 0 Å². The first-order valence-corrected chi connectivity index (χ1v) is 10.5. The Balaban J connectivity index is 2.04. The van der Waals surface area contributed by atoms with Crippen LogP contribution in [0.3, 0.4) is 0 Å². The first-order chi connectivity index (χ1) is 13.4. The zero-order chi connectivity index (χ0) is 20.5. The van der Waals surface area contributed by atoms with Crippen molar-refractivity contribution in [1.82, 2.24) is 15.3 Å². The van der Waals surface area contributed by atoms with E-state index in [4.69, 9.17) is 9.15 Å². The number of thioether (sulfide) groups is 1. The van der Waals surface area contributed by atoms with Gasteiger partial charge in [-0.1, -0.05) is 32.5 Å². The molecule has 0 unspecified atom stereocenters. The summed E-state index contributed by atoms with van der Waals surface area (Å²) < 4.78 is 10.9. The van der Waals surface area contributed by atoms with Gasteiger partial charge in [0.1, 0.15) is 11.6 Å². The molecule has 0 atom stereocenters. The molecule has 0 aliphatic rings. The normalized spacial score (nSPS) is 11.1. The van der Waals surface area contributed by atoms with Gasteiger partial charge < -0.3 is 19.4 Å². The van der Waals surface area contributed by atoms with Crippen molar-refractivity contribution in [1.29, 1.82) is 0 Å². The van der Waals surface area contributed by atoms with E-state index in [1.54, 1.807) is 13.2 Å². The van der Waals surface area contributed by atoms with Gasteiger partial charge in [-0.05, 0) is 24.5 Å². The maximum Gasteiger partial charge on any atom is 0.287 e. The molecule has 1 N–H and O–H groups in total. The summed E-state index contributed by atoms with van der Waals surface area (Å²) in [6, 6.07) is 5.47. The fraction of sp³-hybridized carbons (Fsp3) is 0.550. The Morgan fingerprint density at radius 1 is 1.36 bits per heavy atom. The number of hydrogen-bond donors (Lipinski definition) is 1. The fourth-order valence-corrected chi connectivity index (χ4v) is 3.25. The summed E-state index contributed by atoms with van der Waals surface area (Å²) in [5, 5.41) is 3.52. The molecule has 0 saturated heterocycles. The molecule has 2 aromatic heterocycles. The molecule has 1 amide bonds. The molecule has 7 nitrogen and oxygen atoms in total. The largest absolute Gasteiger partial charge is 0.455 e. The predicted octanol–water partition coefficient (Wildman–Crippen LogP) is 3.74. The molecule has 0 fully saturated rings. The van der Waals surface area contributed by atoms with Crippen LogP contribution >= 0.6 is 11.8 Å². The van der Waals surface area contributed by atoms with Crippen molar-refractivity contribution in [2.75, 3.05) is 32.1 Å². The number of rotatable bonds is 11. The van der Waals surface area contributed by atoms with E-state index in [0.29, 0.717) is 41.5 Å². The molecule has 2 rings (SSSR count). The van der Waals surface area contributed by atoms with Crippen LogP contribution in [-0.2, 0) is 17.1 Å². The molecule has 0 bridgehead atoms. The van der Waals surface area contributed by atoms with Gasteiger partial charge in [0, 0.05) is 33.3 Å². The second-order valence-corrected chi connectivity index (χ2v) is 7.96. The molecule has 2 heterocycles. The van der Waals surface area contributed by atoms with Crippen LogP contribution in [0, 0.1) is 5.92 Å². The predicted molar refractivity (Wildman–Crippen MR) is 112 cm³/mol. The lowest BCUT2D eigenvalue weighted by atomic mass is 10.2. The summed E-state index contributed by atoms with van der Waals surface area (Å²) >= 11 is 1.48. The third-order valence-corrected chi connectivity index (χ3v) is 4.76. The molecule has 0 aliphatic heterocycles. The standard InChI is InChI=1S/C20H30N4O3S/c1-6-9-24(4)18-10-15(12-26-5)22-20(23-18)28-13-16-7-8-17(27-16)19(25)21-11-14(2)3/h7-8,10,14H,6,9,11-13H2,1-5H3,(H,21,25). The third kappa shape index (κ3) is 6.83. The Kier molecular flexibility index (Phi) is 8.79. The van der Waals surface area contributed by atoms with Gasteiger partial charge in [0.05, 0.1) is 18.1 Å². The quantitative estimate of drug-likeness (QED) is 0.450. The molecule has 0 radical (unpaired) electrons. The van der Waals surface area contributed by atoms with E-state index in [-0.39, 0.29) is 5.91 Å². The number of carbonyl (C=O) groups is 1. The maximum atomic E-state index is 12.1. The smallest absolute Gasteiger partial charge is 0.287 e. The van der Waals surface area contributed by atoms with Gasteiger partial charge in [-0.25, -0.2) is 9.97 Å². The number of anilines is 1. The number of nitrogens with zero attached hydrogens (tertiary/aromatic N) is 3. The lowest BCUT2D eigenvalue weighted by molar-refractivity contribution is 0.0920. The van der Waals surface area contributed by atoms with Gasteiger partial charge >= 0.3 is 0 Å².